The summed E-state index contributed by atoms with van der Waals surface area (Å²) in [7, 11) is 0. The van der Waals surface area contributed by atoms with Crippen LogP contribution < -0.4 is 5.32 Å². The zero-order valence-electron chi connectivity index (χ0n) is 13.6. The molecule has 0 atom stereocenters. The van der Waals surface area contributed by atoms with Crippen LogP contribution in [0.5, 0.6) is 0 Å². The highest BCUT2D eigenvalue weighted by atomic mass is 32.2. The van der Waals surface area contributed by atoms with Crippen LogP contribution in [-0.2, 0) is 4.74 Å². The molecule has 0 aliphatic rings. The molecule has 2 aromatic rings. The van der Waals surface area contributed by atoms with E-state index in [-0.39, 0.29) is 5.91 Å². The minimum absolute atomic E-state index is 0.221. The molecule has 1 heterocycles. The molecule has 0 bridgehead atoms. The highest BCUT2D eigenvalue weighted by molar-refractivity contribution is 7.98. The second-order valence-electron chi connectivity index (χ2n) is 4.86. The van der Waals surface area contributed by atoms with E-state index in [0.29, 0.717) is 22.7 Å². The first-order valence-electron chi connectivity index (χ1n) is 7.21. The lowest BCUT2D eigenvalue weighted by Gasteiger charge is -2.09. The number of aryl methyl sites for hydroxylation is 1. The van der Waals surface area contributed by atoms with Gasteiger partial charge in [-0.2, -0.15) is 0 Å². The number of hydrogen-bond donors (Lipinski definition) is 1. The van der Waals surface area contributed by atoms with Crippen molar-refractivity contribution in [2.24, 2.45) is 0 Å². The van der Waals surface area contributed by atoms with Gasteiger partial charge in [0.05, 0.1) is 17.7 Å². The Labute approximate surface area is 144 Å². The molecule has 6 heteroatoms. The molecule has 0 aliphatic carbocycles. The molecule has 0 saturated heterocycles. The maximum absolute atomic E-state index is 12.6. The van der Waals surface area contributed by atoms with Crippen LogP contribution in [0, 0.1) is 13.8 Å². The van der Waals surface area contributed by atoms with Gasteiger partial charge in [-0.3, -0.25) is 4.79 Å². The highest BCUT2D eigenvalue weighted by Crippen LogP contribution is 2.33. The number of benzene rings is 1. The van der Waals surface area contributed by atoms with E-state index in [2.05, 4.69) is 5.32 Å². The van der Waals surface area contributed by atoms with E-state index in [1.54, 1.807) is 13.0 Å². The maximum Gasteiger partial charge on any atom is 0.341 e. The summed E-state index contributed by atoms with van der Waals surface area (Å²) in [5, 5.41) is 3.41. The summed E-state index contributed by atoms with van der Waals surface area (Å²) in [5.41, 5.74) is 1.89. The third-order valence-electron chi connectivity index (χ3n) is 3.44. The summed E-state index contributed by atoms with van der Waals surface area (Å²) in [5.74, 6) is -0.621. The number of ether oxygens (including phenoxy) is 1. The topological polar surface area (TPSA) is 55.4 Å². The van der Waals surface area contributed by atoms with Gasteiger partial charge in [-0.15, -0.1) is 23.1 Å². The smallest absolute Gasteiger partial charge is 0.341 e. The quantitative estimate of drug-likeness (QED) is 0.637. The van der Waals surface area contributed by atoms with Crippen LogP contribution in [0.1, 0.15) is 38.1 Å². The Morgan fingerprint density at radius 1 is 1.26 bits per heavy atom. The summed E-state index contributed by atoms with van der Waals surface area (Å²) >= 11 is 2.90. The molecule has 0 spiro atoms. The van der Waals surface area contributed by atoms with Gasteiger partial charge >= 0.3 is 5.97 Å². The van der Waals surface area contributed by atoms with E-state index in [9.17, 15) is 9.59 Å². The Morgan fingerprint density at radius 2 is 1.96 bits per heavy atom. The molecule has 1 N–H and O–H groups in total. The van der Waals surface area contributed by atoms with Crippen LogP contribution >= 0.6 is 23.1 Å². The molecule has 4 nitrogen and oxygen atoms in total. The predicted molar refractivity (Wildman–Crippen MR) is 95.9 cm³/mol. The van der Waals surface area contributed by atoms with E-state index >= 15 is 0 Å². The summed E-state index contributed by atoms with van der Waals surface area (Å²) in [4.78, 5) is 26.6. The molecule has 23 heavy (non-hydrogen) atoms. The maximum atomic E-state index is 12.6. The minimum atomic E-state index is -0.400. The number of hydrogen-bond acceptors (Lipinski definition) is 5. The van der Waals surface area contributed by atoms with Crippen molar-refractivity contribution in [3.63, 3.8) is 0 Å². The van der Waals surface area contributed by atoms with Gasteiger partial charge in [0.15, 0.2) is 0 Å². The zero-order valence-corrected chi connectivity index (χ0v) is 15.2. The van der Waals surface area contributed by atoms with Gasteiger partial charge in [0.25, 0.3) is 5.91 Å². The fourth-order valence-electron chi connectivity index (χ4n) is 2.17. The van der Waals surface area contributed by atoms with Crippen molar-refractivity contribution in [2.75, 3.05) is 18.2 Å². The standard InChI is InChI=1S/C17H19NO3S2/c1-5-21-17(20)14-10(2)11(3)23-16(14)18-15(19)12-8-6-7-9-13(12)22-4/h6-9H,5H2,1-4H3,(H,18,19). The molecule has 0 unspecified atom stereocenters. The van der Waals surface area contributed by atoms with Crippen LogP contribution in [0.4, 0.5) is 5.00 Å². The van der Waals surface area contributed by atoms with E-state index in [1.807, 2.05) is 38.3 Å². The van der Waals surface area contributed by atoms with Crippen LogP contribution in [-0.4, -0.2) is 24.7 Å². The lowest BCUT2D eigenvalue weighted by Crippen LogP contribution is -2.15. The number of anilines is 1. The molecule has 0 fully saturated rings. The third kappa shape index (κ3) is 3.76. The molecule has 2 rings (SSSR count). The molecule has 0 aliphatic heterocycles. The Kier molecular flexibility index (Phi) is 5.85. The van der Waals surface area contributed by atoms with Gasteiger partial charge in [0.1, 0.15) is 5.00 Å². The first-order chi connectivity index (χ1) is 11.0. The van der Waals surface area contributed by atoms with Gasteiger partial charge in [0, 0.05) is 9.77 Å². The van der Waals surface area contributed by atoms with Crippen LogP contribution in [0.3, 0.4) is 0 Å². The fraction of sp³-hybridized carbons (Fsp3) is 0.294. The molecular weight excluding hydrogens is 330 g/mol. The van der Waals surface area contributed by atoms with Gasteiger partial charge in [-0.1, -0.05) is 12.1 Å². The van der Waals surface area contributed by atoms with Gasteiger partial charge in [0.2, 0.25) is 0 Å². The molecule has 122 valence electrons. The first-order valence-corrected chi connectivity index (χ1v) is 9.25. The van der Waals surface area contributed by atoms with Crippen molar-refractivity contribution >= 4 is 40.0 Å². The molecule has 1 amide bonds. The fourth-order valence-corrected chi connectivity index (χ4v) is 3.81. The number of thiophene rings is 1. The van der Waals surface area contributed by atoms with Crippen molar-refractivity contribution in [2.45, 2.75) is 25.7 Å². The first kappa shape index (κ1) is 17.6. The van der Waals surface area contributed by atoms with Crippen LogP contribution in [0.2, 0.25) is 0 Å². The molecule has 1 aromatic carbocycles. The minimum Gasteiger partial charge on any atom is -0.462 e. The normalized spacial score (nSPS) is 10.4. The average molecular weight is 349 g/mol. The summed E-state index contributed by atoms with van der Waals surface area (Å²) in [6.07, 6.45) is 1.93. The van der Waals surface area contributed by atoms with Crippen molar-refractivity contribution in [1.29, 1.82) is 0 Å². The van der Waals surface area contributed by atoms with Gasteiger partial charge < -0.3 is 10.1 Å². The number of amides is 1. The summed E-state index contributed by atoms with van der Waals surface area (Å²) < 4.78 is 5.11. The molecule has 0 saturated carbocycles. The van der Waals surface area contributed by atoms with Crippen molar-refractivity contribution in [3.8, 4) is 0 Å². The molecule has 0 radical (unpaired) electrons. The Bertz CT molecular complexity index is 737. The van der Waals surface area contributed by atoms with E-state index in [1.165, 1.54) is 23.1 Å². The average Bonchev–Trinajstić information content (AvgIpc) is 2.81. The number of esters is 1. The second-order valence-corrected chi connectivity index (χ2v) is 6.94. The lowest BCUT2D eigenvalue weighted by atomic mass is 10.1. The number of carbonyl (C=O) groups excluding carboxylic acids is 2. The number of nitrogens with one attached hydrogen (secondary N) is 1. The highest BCUT2D eigenvalue weighted by Gasteiger charge is 2.23. The summed E-state index contributed by atoms with van der Waals surface area (Å²) in [6.45, 7) is 5.85. The number of rotatable bonds is 5. The number of carbonyl (C=O) groups is 2. The van der Waals surface area contributed by atoms with E-state index in [4.69, 9.17) is 4.74 Å². The monoisotopic (exact) mass is 349 g/mol. The van der Waals surface area contributed by atoms with Crippen molar-refractivity contribution < 1.29 is 14.3 Å². The largest absolute Gasteiger partial charge is 0.462 e. The Hall–Kier alpha value is -1.79. The van der Waals surface area contributed by atoms with Crippen LogP contribution in [0.15, 0.2) is 29.2 Å². The molecular formula is C17H19NO3S2. The SMILES string of the molecule is CCOC(=O)c1c(NC(=O)c2ccccc2SC)sc(C)c1C. The number of thioether (sulfide) groups is 1. The van der Waals surface area contributed by atoms with Gasteiger partial charge in [-0.25, -0.2) is 4.79 Å². The van der Waals surface area contributed by atoms with Crippen LogP contribution in [0.25, 0.3) is 0 Å². The molecule has 1 aromatic heterocycles. The zero-order chi connectivity index (χ0) is 17.0. The van der Waals surface area contributed by atoms with Gasteiger partial charge in [-0.05, 0) is 44.7 Å². The van der Waals surface area contributed by atoms with Crippen molar-refractivity contribution in [3.05, 3.63) is 45.8 Å². The van der Waals surface area contributed by atoms with Crippen molar-refractivity contribution in [1.82, 2.24) is 0 Å². The second kappa shape index (κ2) is 7.66. The Balaban J connectivity index is 2.35. The van der Waals surface area contributed by atoms with E-state index in [0.717, 1.165) is 15.3 Å². The van der Waals surface area contributed by atoms with E-state index < -0.39 is 5.97 Å². The Morgan fingerprint density at radius 3 is 2.61 bits per heavy atom. The lowest BCUT2D eigenvalue weighted by molar-refractivity contribution is 0.0527. The third-order valence-corrected chi connectivity index (χ3v) is 5.36. The predicted octanol–water partition coefficient (Wildman–Crippen LogP) is 4.52. The summed E-state index contributed by atoms with van der Waals surface area (Å²) in [6, 6.07) is 7.40.